The lowest BCUT2D eigenvalue weighted by atomic mass is 9.66. The highest BCUT2D eigenvalue weighted by atomic mass is 79.9. The van der Waals surface area contributed by atoms with Crippen LogP contribution in [0.1, 0.15) is 28.8 Å². The van der Waals surface area contributed by atoms with E-state index in [4.69, 9.17) is 4.74 Å². The van der Waals surface area contributed by atoms with Gasteiger partial charge in [0, 0.05) is 16.7 Å². The predicted molar refractivity (Wildman–Crippen MR) is 97.1 cm³/mol. The Hall–Kier alpha value is -2.14. The van der Waals surface area contributed by atoms with Crippen molar-refractivity contribution in [2.45, 2.75) is 25.3 Å². The first-order chi connectivity index (χ1) is 12.1. The molecule has 0 saturated carbocycles. The number of carbonyl (C=O) groups is 2. The standard InChI is InChI=1S/C20H16BrNO3/c21-13-8-7-12-11-20(17-6-3-9-22(17)15(12)10-13)18(23)14-4-1-2-5-16(14)25-19(20)24/h1-2,4-5,7-8,10,17H,3,6,9,11H2/t17-,20-/m1/s1. The van der Waals surface area contributed by atoms with E-state index in [9.17, 15) is 9.59 Å². The molecular weight excluding hydrogens is 382 g/mol. The lowest BCUT2D eigenvalue weighted by Gasteiger charge is -2.47. The zero-order valence-electron chi connectivity index (χ0n) is 13.5. The summed E-state index contributed by atoms with van der Waals surface area (Å²) >= 11 is 3.53. The molecule has 0 aromatic heterocycles. The number of rotatable bonds is 0. The summed E-state index contributed by atoms with van der Waals surface area (Å²) in [5, 5.41) is 0. The Morgan fingerprint density at radius 2 is 2.00 bits per heavy atom. The van der Waals surface area contributed by atoms with Gasteiger partial charge < -0.3 is 9.64 Å². The number of hydrogen-bond donors (Lipinski definition) is 0. The van der Waals surface area contributed by atoms with Gasteiger partial charge in [0.1, 0.15) is 5.75 Å². The monoisotopic (exact) mass is 397 g/mol. The van der Waals surface area contributed by atoms with Crippen molar-refractivity contribution in [3.63, 3.8) is 0 Å². The summed E-state index contributed by atoms with van der Waals surface area (Å²) in [5.74, 6) is -0.110. The van der Waals surface area contributed by atoms with Crippen LogP contribution in [0.2, 0.25) is 0 Å². The number of ether oxygens (including phenoxy) is 1. The van der Waals surface area contributed by atoms with E-state index >= 15 is 0 Å². The number of esters is 1. The Morgan fingerprint density at radius 1 is 1.16 bits per heavy atom. The van der Waals surface area contributed by atoms with Gasteiger partial charge in [0.2, 0.25) is 0 Å². The Morgan fingerprint density at radius 3 is 2.88 bits per heavy atom. The smallest absolute Gasteiger partial charge is 0.327 e. The maximum Gasteiger partial charge on any atom is 0.327 e. The first kappa shape index (κ1) is 15.1. The Labute approximate surface area is 153 Å². The first-order valence-electron chi connectivity index (χ1n) is 8.52. The molecule has 0 N–H and O–H groups in total. The van der Waals surface area contributed by atoms with Gasteiger partial charge in [-0.1, -0.05) is 34.1 Å². The molecule has 2 atom stereocenters. The molecule has 5 rings (SSSR count). The lowest BCUT2D eigenvalue weighted by Crippen LogP contribution is -2.61. The molecule has 1 fully saturated rings. The van der Waals surface area contributed by atoms with E-state index in [2.05, 4.69) is 26.9 Å². The molecule has 3 heterocycles. The third-order valence-electron chi connectivity index (χ3n) is 5.75. The second-order valence-electron chi connectivity index (χ2n) is 6.99. The molecule has 126 valence electrons. The normalized spacial score (nSPS) is 26.9. The average molecular weight is 398 g/mol. The summed E-state index contributed by atoms with van der Waals surface area (Å²) in [7, 11) is 0. The number of hydrogen-bond acceptors (Lipinski definition) is 4. The van der Waals surface area contributed by atoms with Crippen molar-refractivity contribution in [2.75, 3.05) is 11.4 Å². The van der Waals surface area contributed by atoms with Gasteiger partial charge in [-0.3, -0.25) is 9.59 Å². The first-order valence-corrected chi connectivity index (χ1v) is 9.32. The number of ketones is 1. The van der Waals surface area contributed by atoms with Crippen molar-refractivity contribution in [1.29, 1.82) is 0 Å². The zero-order chi connectivity index (χ0) is 17.2. The number of nitrogens with zero attached hydrogens (tertiary/aromatic N) is 1. The van der Waals surface area contributed by atoms with Crippen molar-refractivity contribution in [1.82, 2.24) is 0 Å². The van der Waals surface area contributed by atoms with Crippen LogP contribution in [0.25, 0.3) is 0 Å². The van der Waals surface area contributed by atoms with E-state index in [0.717, 1.165) is 35.1 Å². The van der Waals surface area contributed by atoms with Crippen LogP contribution in [0.15, 0.2) is 46.9 Å². The fourth-order valence-electron chi connectivity index (χ4n) is 4.65. The van der Waals surface area contributed by atoms with E-state index in [1.165, 1.54) is 0 Å². The Balaban J connectivity index is 1.72. The van der Waals surface area contributed by atoms with E-state index < -0.39 is 11.4 Å². The van der Waals surface area contributed by atoms with Gasteiger partial charge in [-0.05, 0) is 49.1 Å². The molecule has 3 aliphatic rings. The summed E-state index contributed by atoms with van der Waals surface area (Å²) in [5.41, 5.74) is 1.55. The minimum absolute atomic E-state index is 0.0928. The third-order valence-corrected chi connectivity index (χ3v) is 6.24. The van der Waals surface area contributed by atoms with Crippen molar-refractivity contribution < 1.29 is 14.3 Å². The van der Waals surface area contributed by atoms with Gasteiger partial charge in [-0.2, -0.15) is 0 Å². The van der Waals surface area contributed by atoms with E-state index in [1.807, 2.05) is 18.2 Å². The second-order valence-corrected chi connectivity index (χ2v) is 7.90. The minimum Gasteiger partial charge on any atom is -0.425 e. The summed E-state index contributed by atoms with van der Waals surface area (Å²) in [6, 6.07) is 13.0. The van der Waals surface area contributed by atoms with Crippen LogP contribution >= 0.6 is 15.9 Å². The number of fused-ring (bicyclic) bond motifs is 5. The van der Waals surface area contributed by atoms with Crippen molar-refractivity contribution in [3.05, 3.63) is 58.1 Å². The predicted octanol–water partition coefficient (Wildman–Crippen LogP) is 3.76. The van der Waals surface area contributed by atoms with Crippen LogP contribution in [0.3, 0.4) is 0 Å². The highest BCUT2D eigenvalue weighted by Crippen LogP contribution is 2.51. The maximum absolute atomic E-state index is 13.5. The van der Waals surface area contributed by atoms with Gasteiger partial charge in [0.15, 0.2) is 11.2 Å². The highest BCUT2D eigenvalue weighted by molar-refractivity contribution is 9.10. The van der Waals surface area contributed by atoms with Crippen LogP contribution in [-0.4, -0.2) is 24.3 Å². The fourth-order valence-corrected chi connectivity index (χ4v) is 5.00. The van der Waals surface area contributed by atoms with E-state index in [0.29, 0.717) is 17.7 Å². The van der Waals surface area contributed by atoms with Crippen LogP contribution in [0.4, 0.5) is 5.69 Å². The number of carbonyl (C=O) groups excluding carboxylic acids is 2. The molecule has 4 nitrogen and oxygen atoms in total. The van der Waals surface area contributed by atoms with Crippen LogP contribution < -0.4 is 9.64 Å². The van der Waals surface area contributed by atoms with Crippen molar-refractivity contribution in [2.24, 2.45) is 5.41 Å². The van der Waals surface area contributed by atoms with Gasteiger partial charge in [0.05, 0.1) is 11.6 Å². The SMILES string of the molecule is O=C1Oc2ccccc2C(=O)[C@]12Cc1ccc(Br)cc1N1CCC[C@@H]12. The number of anilines is 1. The Bertz CT molecular complexity index is 925. The maximum atomic E-state index is 13.5. The molecule has 2 aromatic rings. The van der Waals surface area contributed by atoms with Gasteiger partial charge in [0.25, 0.3) is 0 Å². The summed E-state index contributed by atoms with van der Waals surface area (Å²) in [6.45, 7) is 0.859. The summed E-state index contributed by atoms with van der Waals surface area (Å²) < 4.78 is 6.66. The number of benzene rings is 2. The van der Waals surface area contributed by atoms with Gasteiger partial charge in [-0.15, -0.1) is 0 Å². The van der Waals surface area contributed by atoms with Crippen molar-refractivity contribution >= 4 is 33.4 Å². The zero-order valence-corrected chi connectivity index (χ0v) is 15.1. The molecule has 1 saturated heterocycles. The van der Waals surface area contributed by atoms with Crippen molar-refractivity contribution in [3.8, 4) is 5.75 Å². The third kappa shape index (κ3) is 1.93. The molecule has 0 unspecified atom stereocenters. The molecule has 0 amide bonds. The molecule has 5 heteroatoms. The number of halogens is 1. The molecule has 0 aliphatic carbocycles. The van der Waals surface area contributed by atoms with E-state index in [1.54, 1.807) is 18.2 Å². The topological polar surface area (TPSA) is 46.6 Å². The largest absolute Gasteiger partial charge is 0.425 e. The lowest BCUT2D eigenvalue weighted by molar-refractivity contribution is -0.145. The van der Waals surface area contributed by atoms with Gasteiger partial charge >= 0.3 is 5.97 Å². The quantitative estimate of drug-likeness (QED) is 0.385. The average Bonchev–Trinajstić information content (AvgIpc) is 3.11. The van der Waals surface area contributed by atoms with Crippen LogP contribution in [-0.2, 0) is 11.2 Å². The summed E-state index contributed by atoms with van der Waals surface area (Å²) in [4.78, 5) is 28.8. The van der Waals surface area contributed by atoms with Gasteiger partial charge in [-0.25, -0.2) is 0 Å². The minimum atomic E-state index is -1.13. The Kier molecular flexibility index (Phi) is 3.14. The molecule has 3 aliphatic heterocycles. The fraction of sp³-hybridized carbons (Fsp3) is 0.300. The molecule has 0 bridgehead atoms. The summed E-state index contributed by atoms with van der Waals surface area (Å²) in [6.07, 6.45) is 2.21. The molecule has 25 heavy (non-hydrogen) atoms. The van der Waals surface area contributed by atoms with Crippen LogP contribution in [0.5, 0.6) is 5.75 Å². The van der Waals surface area contributed by atoms with E-state index in [-0.39, 0.29) is 11.8 Å². The number of Topliss-reactive ketones (excluding diaryl/α,β-unsaturated/α-hetero) is 1. The highest BCUT2D eigenvalue weighted by Gasteiger charge is 2.61. The number of para-hydroxylation sites is 1. The molecule has 0 radical (unpaired) electrons. The second kappa shape index (κ2) is 5.18. The molecule has 2 aromatic carbocycles. The molecule has 1 spiro atoms. The molecular formula is C20H16BrNO3. The van der Waals surface area contributed by atoms with Crippen LogP contribution in [0, 0.1) is 5.41 Å².